The zero-order chi connectivity index (χ0) is 20.4. The number of amides is 1. The summed E-state index contributed by atoms with van der Waals surface area (Å²) in [6.45, 7) is 0.143. The third-order valence-electron chi connectivity index (χ3n) is 4.15. The first-order chi connectivity index (χ1) is 13.2. The molecule has 1 aliphatic heterocycles. The first-order valence-electron chi connectivity index (χ1n) is 8.23. The minimum atomic E-state index is -5.01. The van der Waals surface area contributed by atoms with Gasteiger partial charge in [0.25, 0.3) is 5.91 Å². The highest BCUT2D eigenvalue weighted by Crippen LogP contribution is 2.31. The molecule has 0 bridgehead atoms. The van der Waals surface area contributed by atoms with E-state index in [1.165, 1.54) is 29.4 Å². The molecule has 0 aliphatic carbocycles. The molecule has 2 aromatic rings. The van der Waals surface area contributed by atoms with E-state index >= 15 is 0 Å². The fraction of sp³-hybridized carbons (Fsp3) is 0.294. The number of sulfonamides is 1. The highest BCUT2D eigenvalue weighted by atomic mass is 32.2. The van der Waals surface area contributed by atoms with Crippen molar-refractivity contribution in [2.75, 3.05) is 26.2 Å². The van der Waals surface area contributed by atoms with Crippen molar-refractivity contribution in [3.63, 3.8) is 0 Å². The van der Waals surface area contributed by atoms with Gasteiger partial charge in [0.1, 0.15) is 10.6 Å². The molecule has 1 aromatic carbocycles. The molecule has 0 radical (unpaired) electrons. The number of piperazine rings is 1. The molecule has 3 rings (SSSR count). The van der Waals surface area contributed by atoms with Gasteiger partial charge in [0.2, 0.25) is 10.0 Å². The maximum absolute atomic E-state index is 12.8. The summed E-state index contributed by atoms with van der Waals surface area (Å²) in [5, 5.41) is 0. The normalized spacial score (nSPS) is 16.0. The lowest BCUT2D eigenvalue weighted by atomic mass is 10.2. The first-order valence-corrected chi connectivity index (χ1v) is 9.67. The molecular formula is C17H16F3N3O4S. The molecule has 1 aliphatic rings. The van der Waals surface area contributed by atoms with Crippen LogP contribution in [0.4, 0.5) is 13.2 Å². The van der Waals surface area contributed by atoms with Crippen LogP contribution in [0, 0.1) is 0 Å². The van der Waals surface area contributed by atoms with Crippen molar-refractivity contribution in [2.45, 2.75) is 11.3 Å². The van der Waals surface area contributed by atoms with Crippen LogP contribution in [-0.2, 0) is 10.0 Å². The zero-order valence-corrected chi connectivity index (χ0v) is 15.3. The van der Waals surface area contributed by atoms with Gasteiger partial charge >= 0.3 is 6.36 Å². The van der Waals surface area contributed by atoms with Crippen LogP contribution in [0.25, 0.3) is 0 Å². The van der Waals surface area contributed by atoms with Crippen LogP contribution in [0.3, 0.4) is 0 Å². The Morgan fingerprint density at radius 3 is 2.21 bits per heavy atom. The first kappa shape index (κ1) is 20.1. The molecule has 2 heterocycles. The van der Waals surface area contributed by atoms with E-state index in [9.17, 15) is 26.4 Å². The van der Waals surface area contributed by atoms with Crippen LogP contribution in [0.2, 0.25) is 0 Å². The second-order valence-electron chi connectivity index (χ2n) is 5.93. The van der Waals surface area contributed by atoms with Crippen LogP contribution in [0.1, 0.15) is 10.4 Å². The summed E-state index contributed by atoms with van der Waals surface area (Å²) < 4.78 is 68.2. The van der Waals surface area contributed by atoms with E-state index in [2.05, 4.69) is 9.72 Å². The Bertz CT molecular complexity index is 944. The molecule has 0 spiro atoms. The molecule has 1 fully saturated rings. The van der Waals surface area contributed by atoms with Crippen LogP contribution >= 0.6 is 0 Å². The summed E-state index contributed by atoms with van der Waals surface area (Å²) in [4.78, 5) is 17.2. The summed E-state index contributed by atoms with van der Waals surface area (Å²) >= 11 is 0. The van der Waals surface area contributed by atoms with Gasteiger partial charge in [-0.05, 0) is 24.3 Å². The van der Waals surface area contributed by atoms with Crippen LogP contribution in [-0.4, -0.2) is 61.1 Å². The number of halogens is 3. The molecule has 150 valence electrons. The summed E-state index contributed by atoms with van der Waals surface area (Å²) in [5.41, 5.74) is 0.426. The van der Waals surface area contributed by atoms with Gasteiger partial charge in [-0.2, -0.15) is 4.31 Å². The van der Waals surface area contributed by atoms with Crippen LogP contribution in [0.15, 0.2) is 53.7 Å². The van der Waals surface area contributed by atoms with Crippen LogP contribution < -0.4 is 4.74 Å². The van der Waals surface area contributed by atoms with Crippen molar-refractivity contribution in [1.82, 2.24) is 14.2 Å². The molecule has 7 nitrogen and oxygen atoms in total. The molecule has 1 aromatic heterocycles. The van der Waals surface area contributed by atoms with Crippen LogP contribution in [0.5, 0.6) is 5.75 Å². The maximum Gasteiger partial charge on any atom is 0.573 e. The summed E-state index contributed by atoms with van der Waals surface area (Å²) in [6.07, 6.45) is -2.06. The van der Waals surface area contributed by atoms with Gasteiger partial charge in [0, 0.05) is 44.1 Å². The third-order valence-corrected chi connectivity index (χ3v) is 6.08. The lowest BCUT2D eigenvalue weighted by Crippen LogP contribution is -2.50. The van der Waals surface area contributed by atoms with Gasteiger partial charge in [0.05, 0.1) is 0 Å². The number of carbonyl (C=O) groups excluding carboxylic acids is 1. The van der Waals surface area contributed by atoms with Crippen molar-refractivity contribution in [1.29, 1.82) is 0 Å². The molecule has 28 heavy (non-hydrogen) atoms. The van der Waals surface area contributed by atoms with Gasteiger partial charge in [-0.1, -0.05) is 12.1 Å². The second-order valence-corrected chi connectivity index (χ2v) is 7.83. The number of hydrogen-bond acceptors (Lipinski definition) is 5. The fourth-order valence-electron chi connectivity index (χ4n) is 2.82. The molecule has 11 heteroatoms. The lowest BCUT2D eigenvalue weighted by Gasteiger charge is -2.34. The second kappa shape index (κ2) is 7.76. The van der Waals surface area contributed by atoms with E-state index in [-0.39, 0.29) is 32.1 Å². The number of ether oxygens (including phenoxy) is 1. The quantitative estimate of drug-likeness (QED) is 0.764. The van der Waals surface area contributed by atoms with E-state index in [1.807, 2.05) is 0 Å². The number of benzene rings is 1. The van der Waals surface area contributed by atoms with E-state index in [4.69, 9.17) is 0 Å². The summed E-state index contributed by atoms with van der Waals surface area (Å²) in [6, 6.07) is 7.69. The van der Waals surface area contributed by atoms with Crippen molar-refractivity contribution in [3.8, 4) is 5.75 Å². The average molecular weight is 415 g/mol. The Morgan fingerprint density at radius 2 is 1.61 bits per heavy atom. The molecule has 0 N–H and O–H groups in total. The number of rotatable bonds is 4. The molecular weight excluding hydrogens is 399 g/mol. The van der Waals surface area contributed by atoms with E-state index in [1.54, 1.807) is 12.1 Å². The monoisotopic (exact) mass is 415 g/mol. The number of alkyl halides is 3. The average Bonchev–Trinajstić information content (AvgIpc) is 2.67. The third kappa shape index (κ3) is 4.42. The molecule has 0 atom stereocenters. The number of hydrogen-bond donors (Lipinski definition) is 0. The van der Waals surface area contributed by atoms with Crippen molar-refractivity contribution < 1.29 is 31.1 Å². The molecule has 0 unspecified atom stereocenters. The lowest BCUT2D eigenvalue weighted by molar-refractivity contribution is -0.275. The van der Waals surface area contributed by atoms with Gasteiger partial charge in [0.15, 0.2) is 0 Å². The number of aromatic nitrogens is 1. The number of para-hydroxylation sites is 1. The Hall–Kier alpha value is -2.66. The Kier molecular flexibility index (Phi) is 5.57. The van der Waals surface area contributed by atoms with Gasteiger partial charge in [-0.3, -0.25) is 9.78 Å². The van der Waals surface area contributed by atoms with Gasteiger partial charge < -0.3 is 9.64 Å². The standard InChI is InChI=1S/C17H16F3N3O4S/c18-17(19,20)27-14-3-1-2-4-15(14)28(25,26)23-11-9-22(10-12-23)16(24)13-5-7-21-8-6-13/h1-8H,9-12H2. The fourth-order valence-corrected chi connectivity index (χ4v) is 4.36. The van der Waals surface area contributed by atoms with Crippen molar-refractivity contribution in [3.05, 3.63) is 54.4 Å². The summed E-state index contributed by atoms with van der Waals surface area (Å²) in [5.74, 6) is -1.05. The summed E-state index contributed by atoms with van der Waals surface area (Å²) in [7, 11) is -4.22. The van der Waals surface area contributed by atoms with Crippen molar-refractivity contribution in [2.24, 2.45) is 0 Å². The topological polar surface area (TPSA) is 79.8 Å². The van der Waals surface area contributed by atoms with Gasteiger partial charge in [-0.15, -0.1) is 13.2 Å². The SMILES string of the molecule is O=C(c1ccncc1)N1CCN(S(=O)(=O)c2ccccc2OC(F)(F)F)CC1. The maximum atomic E-state index is 12.8. The molecule has 0 saturated carbocycles. The predicted octanol–water partition coefficient (Wildman–Crippen LogP) is 2.13. The van der Waals surface area contributed by atoms with Gasteiger partial charge in [-0.25, -0.2) is 8.42 Å². The number of pyridine rings is 1. The van der Waals surface area contributed by atoms with E-state index < -0.39 is 27.0 Å². The van der Waals surface area contributed by atoms with E-state index in [0.29, 0.717) is 5.56 Å². The Balaban J connectivity index is 1.75. The van der Waals surface area contributed by atoms with E-state index in [0.717, 1.165) is 16.4 Å². The molecule has 1 amide bonds. The Morgan fingerprint density at radius 1 is 1.00 bits per heavy atom. The Labute approximate surface area is 159 Å². The largest absolute Gasteiger partial charge is 0.573 e. The highest BCUT2D eigenvalue weighted by Gasteiger charge is 2.36. The highest BCUT2D eigenvalue weighted by molar-refractivity contribution is 7.89. The minimum absolute atomic E-state index is 0.0422. The van der Waals surface area contributed by atoms with Crippen molar-refractivity contribution >= 4 is 15.9 Å². The number of nitrogens with zero attached hydrogens (tertiary/aromatic N) is 3. The predicted molar refractivity (Wildman–Crippen MR) is 92.0 cm³/mol. The number of carbonyl (C=O) groups is 1. The molecule has 1 saturated heterocycles. The zero-order valence-electron chi connectivity index (χ0n) is 14.5. The smallest absolute Gasteiger partial charge is 0.404 e. The minimum Gasteiger partial charge on any atom is -0.404 e.